The number of nitrogens with zero attached hydrogens (tertiary/aromatic N) is 1. The van der Waals surface area contributed by atoms with Crippen LogP contribution in [0.25, 0.3) is 0 Å². The molecule has 1 N–H and O–H groups in total. The highest BCUT2D eigenvalue weighted by Gasteiger charge is 2.47. The van der Waals surface area contributed by atoms with Crippen molar-refractivity contribution in [3.05, 3.63) is 52.5 Å². The second kappa shape index (κ2) is 7.33. The highest BCUT2D eigenvalue weighted by molar-refractivity contribution is 7.80. The number of hydrogen-bond donors (Lipinski definition) is 1. The number of fused-ring (bicyclic) bond motifs is 4. The van der Waals surface area contributed by atoms with Gasteiger partial charge in [-0.05, 0) is 61.5 Å². The monoisotopic (exact) mass is 418 g/mol. The summed E-state index contributed by atoms with van der Waals surface area (Å²) in [5.74, 6) is 2.31. The fourth-order valence-electron chi connectivity index (χ4n) is 4.00. The number of halogens is 1. The molecule has 0 amide bonds. The summed E-state index contributed by atoms with van der Waals surface area (Å²) in [7, 11) is 3.28. The van der Waals surface area contributed by atoms with Crippen LogP contribution in [0.15, 0.2) is 36.4 Å². The maximum Gasteiger partial charge on any atom is 0.184 e. The predicted octanol–water partition coefficient (Wildman–Crippen LogP) is 4.33. The summed E-state index contributed by atoms with van der Waals surface area (Å²) in [6, 6.07) is 11.8. The van der Waals surface area contributed by atoms with Crippen LogP contribution >= 0.6 is 23.8 Å². The van der Waals surface area contributed by atoms with Gasteiger partial charge in [0.25, 0.3) is 0 Å². The summed E-state index contributed by atoms with van der Waals surface area (Å²) in [5.41, 5.74) is 1.71. The van der Waals surface area contributed by atoms with Crippen molar-refractivity contribution in [1.29, 1.82) is 0 Å². The summed E-state index contributed by atoms with van der Waals surface area (Å²) in [4.78, 5) is 2.13. The Hall–Kier alpha value is -2.18. The summed E-state index contributed by atoms with van der Waals surface area (Å²) in [5, 5.41) is 4.86. The molecular weight excluding hydrogens is 396 g/mol. The summed E-state index contributed by atoms with van der Waals surface area (Å²) in [6.45, 7) is 2.83. The van der Waals surface area contributed by atoms with Crippen LogP contribution in [0.1, 0.15) is 30.5 Å². The smallest absolute Gasteiger partial charge is 0.184 e. The molecule has 2 aromatic rings. The zero-order valence-electron chi connectivity index (χ0n) is 16.1. The summed E-state index contributed by atoms with van der Waals surface area (Å²) < 4.78 is 17.1. The first-order chi connectivity index (χ1) is 13.4. The van der Waals surface area contributed by atoms with Gasteiger partial charge in [-0.1, -0.05) is 17.7 Å². The molecule has 2 aliphatic heterocycles. The third kappa shape index (κ3) is 3.35. The molecule has 1 fully saturated rings. The van der Waals surface area contributed by atoms with E-state index in [1.807, 2.05) is 36.4 Å². The van der Waals surface area contributed by atoms with Gasteiger partial charge in [-0.3, -0.25) is 0 Å². The second-order valence-corrected chi connectivity index (χ2v) is 8.08. The fourth-order valence-corrected chi connectivity index (χ4v) is 4.61. The number of ether oxygens (including phenoxy) is 3. The number of rotatable bonds is 5. The summed E-state index contributed by atoms with van der Waals surface area (Å²) in [6.07, 6.45) is 1.60. The molecule has 5 nitrogen and oxygen atoms in total. The first kappa shape index (κ1) is 19.2. The molecule has 4 rings (SSSR count). The molecule has 2 atom stereocenters. The number of benzene rings is 2. The quantitative estimate of drug-likeness (QED) is 0.729. The Bertz CT molecular complexity index is 923. The molecule has 2 aliphatic rings. The molecule has 148 valence electrons. The minimum absolute atomic E-state index is 0.109. The average molecular weight is 419 g/mol. The third-order valence-electron chi connectivity index (χ3n) is 5.45. The second-order valence-electron chi connectivity index (χ2n) is 7.26. The molecule has 0 aromatic heterocycles. The highest BCUT2D eigenvalue weighted by atomic mass is 35.5. The topological polar surface area (TPSA) is 43.0 Å². The van der Waals surface area contributed by atoms with Crippen molar-refractivity contribution < 1.29 is 14.2 Å². The van der Waals surface area contributed by atoms with Crippen LogP contribution in [0.4, 0.5) is 0 Å². The number of methoxy groups -OCH3 is 2. The molecule has 2 aromatic carbocycles. The summed E-state index contributed by atoms with van der Waals surface area (Å²) >= 11 is 11.8. The molecule has 2 bridgehead atoms. The van der Waals surface area contributed by atoms with Crippen molar-refractivity contribution in [2.75, 3.05) is 20.8 Å². The van der Waals surface area contributed by atoms with Crippen molar-refractivity contribution in [3.63, 3.8) is 0 Å². The molecule has 2 heterocycles. The van der Waals surface area contributed by atoms with Crippen molar-refractivity contribution in [3.8, 4) is 17.2 Å². The van der Waals surface area contributed by atoms with E-state index in [1.54, 1.807) is 14.2 Å². The first-order valence-electron chi connectivity index (χ1n) is 9.21. The molecule has 0 saturated carbocycles. The van der Waals surface area contributed by atoms with E-state index in [4.69, 9.17) is 38.0 Å². The molecule has 0 radical (unpaired) electrons. The van der Waals surface area contributed by atoms with E-state index >= 15 is 0 Å². The van der Waals surface area contributed by atoms with Crippen molar-refractivity contribution in [2.24, 2.45) is 0 Å². The van der Waals surface area contributed by atoms with Crippen LogP contribution in [0, 0.1) is 0 Å². The molecule has 28 heavy (non-hydrogen) atoms. The Kier molecular flexibility index (Phi) is 5.02. The highest BCUT2D eigenvalue weighted by Crippen LogP contribution is 2.44. The van der Waals surface area contributed by atoms with Gasteiger partial charge in [0.2, 0.25) is 0 Å². The standard InChI is InChI=1S/C21H23ClN2O3S/c1-21-12-16(15-11-14(22)5-7-17(15)27-21)23-20(28)24(21)9-8-13-4-6-18(25-2)19(10-13)26-3/h4-7,10-11,16H,8-9,12H2,1-3H3,(H,23,28). The Balaban J connectivity index is 1.55. The van der Waals surface area contributed by atoms with Crippen molar-refractivity contribution >= 4 is 28.9 Å². The van der Waals surface area contributed by atoms with E-state index in [2.05, 4.69) is 17.1 Å². The van der Waals surface area contributed by atoms with Gasteiger partial charge in [0.1, 0.15) is 5.75 Å². The molecule has 7 heteroatoms. The number of hydrogen-bond acceptors (Lipinski definition) is 4. The molecule has 0 spiro atoms. The van der Waals surface area contributed by atoms with E-state index in [0.717, 1.165) is 47.8 Å². The van der Waals surface area contributed by atoms with Gasteiger partial charge in [0.05, 0.1) is 20.3 Å². The molecule has 1 saturated heterocycles. The van der Waals surface area contributed by atoms with Crippen molar-refractivity contribution in [2.45, 2.75) is 31.5 Å². The molecule has 0 aliphatic carbocycles. The van der Waals surface area contributed by atoms with Crippen LogP contribution in [0.2, 0.25) is 5.02 Å². The van der Waals surface area contributed by atoms with Crippen LogP contribution < -0.4 is 19.5 Å². The predicted molar refractivity (Wildman–Crippen MR) is 114 cm³/mol. The third-order valence-corrected chi connectivity index (χ3v) is 6.02. The minimum Gasteiger partial charge on any atom is -0.493 e. The van der Waals surface area contributed by atoms with Gasteiger partial charge >= 0.3 is 0 Å². The Labute approximate surface area is 175 Å². The van der Waals surface area contributed by atoms with Crippen LogP contribution in [-0.2, 0) is 6.42 Å². The van der Waals surface area contributed by atoms with Crippen LogP contribution in [0.5, 0.6) is 17.2 Å². The molecule has 2 unspecified atom stereocenters. The van der Waals surface area contributed by atoms with E-state index in [0.29, 0.717) is 10.1 Å². The van der Waals surface area contributed by atoms with Gasteiger partial charge in [0, 0.05) is 23.6 Å². The number of thiocarbonyl (C=S) groups is 1. The molecular formula is C21H23ClN2O3S. The normalized spacial score (nSPS) is 22.8. The average Bonchev–Trinajstić information content (AvgIpc) is 2.67. The zero-order valence-corrected chi connectivity index (χ0v) is 17.7. The van der Waals surface area contributed by atoms with Gasteiger partial charge in [-0.2, -0.15) is 0 Å². The van der Waals surface area contributed by atoms with E-state index < -0.39 is 5.72 Å². The van der Waals surface area contributed by atoms with E-state index in [-0.39, 0.29) is 6.04 Å². The van der Waals surface area contributed by atoms with E-state index in [9.17, 15) is 0 Å². The van der Waals surface area contributed by atoms with Crippen LogP contribution in [-0.4, -0.2) is 36.5 Å². The van der Waals surface area contributed by atoms with Gasteiger partial charge in [-0.15, -0.1) is 0 Å². The Morgan fingerprint density at radius 1 is 1.21 bits per heavy atom. The van der Waals surface area contributed by atoms with Gasteiger partial charge in [0.15, 0.2) is 22.3 Å². The Morgan fingerprint density at radius 2 is 2.00 bits per heavy atom. The first-order valence-corrected chi connectivity index (χ1v) is 9.99. The SMILES string of the molecule is COc1ccc(CCN2C(=S)NC3CC2(C)Oc2ccc(Cl)cc23)cc1OC. The lowest BCUT2D eigenvalue weighted by Gasteiger charge is -2.52. The lowest BCUT2D eigenvalue weighted by Crippen LogP contribution is -2.64. The maximum absolute atomic E-state index is 6.39. The maximum atomic E-state index is 6.39. The lowest BCUT2D eigenvalue weighted by atomic mass is 9.90. The van der Waals surface area contributed by atoms with Crippen molar-refractivity contribution in [1.82, 2.24) is 10.2 Å². The van der Waals surface area contributed by atoms with Gasteiger partial charge in [-0.25, -0.2) is 0 Å². The van der Waals surface area contributed by atoms with E-state index in [1.165, 1.54) is 0 Å². The van der Waals surface area contributed by atoms with Gasteiger partial charge < -0.3 is 24.4 Å². The zero-order chi connectivity index (χ0) is 19.9. The van der Waals surface area contributed by atoms with Crippen LogP contribution in [0.3, 0.4) is 0 Å². The largest absolute Gasteiger partial charge is 0.493 e. The minimum atomic E-state index is -0.496. The number of nitrogens with one attached hydrogen (secondary N) is 1. The fraction of sp³-hybridized carbons (Fsp3) is 0.381. The Morgan fingerprint density at radius 3 is 2.75 bits per heavy atom. The lowest BCUT2D eigenvalue weighted by molar-refractivity contribution is -0.0676.